The molecule has 0 saturated carbocycles. The quantitative estimate of drug-likeness (QED) is 0.871. The van der Waals surface area contributed by atoms with E-state index in [-0.39, 0.29) is 24.5 Å². The minimum atomic E-state index is -0.235. The molecule has 0 saturated heterocycles. The SMILES string of the molecule is O=C(NC(CO)Cc1ccccc1)C1CCn2cncc2C1. The summed E-state index contributed by atoms with van der Waals surface area (Å²) in [5, 5.41) is 12.5. The first-order chi connectivity index (χ1) is 10.8. The molecule has 0 spiro atoms. The van der Waals surface area contributed by atoms with Crippen molar-refractivity contribution in [2.24, 2.45) is 5.92 Å². The van der Waals surface area contributed by atoms with E-state index in [4.69, 9.17) is 0 Å². The number of carbonyl (C=O) groups is 1. The average molecular weight is 299 g/mol. The highest BCUT2D eigenvalue weighted by Gasteiger charge is 2.26. The lowest BCUT2D eigenvalue weighted by Crippen LogP contribution is -2.44. The largest absolute Gasteiger partial charge is 0.394 e. The molecule has 3 rings (SSSR count). The van der Waals surface area contributed by atoms with Crippen LogP contribution in [0.4, 0.5) is 0 Å². The Bertz CT molecular complexity index is 624. The second kappa shape index (κ2) is 6.75. The number of aliphatic hydroxyl groups is 1. The van der Waals surface area contributed by atoms with E-state index in [9.17, 15) is 9.90 Å². The maximum absolute atomic E-state index is 12.4. The van der Waals surface area contributed by atoms with E-state index >= 15 is 0 Å². The van der Waals surface area contributed by atoms with Crippen molar-refractivity contribution >= 4 is 5.91 Å². The summed E-state index contributed by atoms with van der Waals surface area (Å²) >= 11 is 0. The Morgan fingerprint density at radius 1 is 1.41 bits per heavy atom. The maximum atomic E-state index is 12.4. The molecule has 0 bridgehead atoms. The van der Waals surface area contributed by atoms with Crippen molar-refractivity contribution in [3.05, 3.63) is 54.1 Å². The van der Waals surface area contributed by atoms with Crippen molar-refractivity contribution in [2.75, 3.05) is 6.61 Å². The Morgan fingerprint density at radius 2 is 2.23 bits per heavy atom. The molecule has 0 fully saturated rings. The Labute approximate surface area is 130 Å². The fraction of sp³-hybridized carbons (Fsp3) is 0.412. The van der Waals surface area contributed by atoms with Gasteiger partial charge in [0.1, 0.15) is 0 Å². The number of nitrogens with one attached hydrogen (secondary N) is 1. The van der Waals surface area contributed by atoms with Gasteiger partial charge >= 0.3 is 0 Å². The van der Waals surface area contributed by atoms with Gasteiger partial charge in [-0.25, -0.2) is 4.98 Å². The second-order valence-electron chi connectivity index (χ2n) is 5.85. The second-order valence-corrected chi connectivity index (χ2v) is 5.85. The van der Waals surface area contributed by atoms with Gasteiger partial charge in [-0.1, -0.05) is 30.3 Å². The van der Waals surface area contributed by atoms with Crippen LogP contribution in [-0.4, -0.2) is 33.2 Å². The van der Waals surface area contributed by atoms with Gasteiger partial charge in [-0.3, -0.25) is 4.79 Å². The lowest BCUT2D eigenvalue weighted by molar-refractivity contribution is -0.126. The number of amides is 1. The first-order valence-electron chi connectivity index (χ1n) is 7.70. The first kappa shape index (κ1) is 14.8. The summed E-state index contributed by atoms with van der Waals surface area (Å²) in [6.07, 6.45) is 5.82. The molecule has 1 aromatic carbocycles. The Hall–Kier alpha value is -2.14. The number of hydrogen-bond acceptors (Lipinski definition) is 3. The molecule has 1 amide bonds. The highest BCUT2D eigenvalue weighted by Crippen LogP contribution is 2.20. The van der Waals surface area contributed by atoms with Crippen LogP contribution in [0.1, 0.15) is 17.7 Å². The zero-order valence-electron chi connectivity index (χ0n) is 12.5. The molecule has 2 N–H and O–H groups in total. The normalized spacial score (nSPS) is 18.5. The van der Waals surface area contributed by atoms with E-state index < -0.39 is 0 Å². The molecule has 2 aromatic rings. The van der Waals surface area contributed by atoms with Crippen molar-refractivity contribution in [3.8, 4) is 0 Å². The van der Waals surface area contributed by atoms with E-state index in [0.717, 1.165) is 30.6 Å². The highest BCUT2D eigenvalue weighted by molar-refractivity contribution is 5.79. The Morgan fingerprint density at radius 3 is 3.00 bits per heavy atom. The van der Waals surface area contributed by atoms with Gasteiger partial charge in [0.25, 0.3) is 0 Å². The van der Waals surface area contributed by atoms with Gasteiger partial charge < -0.3 is 15.0 Å². The van der Waals surface area contributed by atoms with Crippen molar-refractivity contribution in [2.45, 2.75) is 31.8 Å². The van der Waals surface area contributed by atoms with Crippen LogP contribution >= 0.6 is 0 Å². The summed E-state index contributed by atoms with van der Waals surface area (Å²) in [6.45, 7) is 0.779. The number of fused-ring (bicyclic) bond motifs is 1. The monoisotopic (exact) mass is 299 g/mol. The van der Waals surface area contributed by atoms with Crippen LogP contribution in [0.2, 0.25) is 0 Å². The number of imidazole rings is 1. The van der Waals surface area contributed by atoms with Crippen molar-refractivity contribution in [3.63, 3.8) is 0 Å². The molecule has 22 heavy (non-hydrogen) atoms. The lowest BCUT2D eigenvalue weighted by Gasteiger charge is -2.25. The summed E-state index contributed by atoms with van der Waals surface area (Å²) in [5.41, 5.74) is 2.22. The summed E-state index contributed by atoms with van der Waals surface area (Å²) in [6, 6.07) is 9.67. The number of aliphatic hydroxyl groups excluding tert-OH is 1. The Balaban J connectivity index is 1.58. The topological polar surface area (TPSA) is 67.2 Å². The van der Waals surface area contributed by atoms with Crippen LogP contribution in [0.25, 0.3) is 0 Å². The number of aromatic nitrogens is 2. The van der Waals surface area contributed by atoms with Crippen LogP contribution in [0.15, 0.2) is 42.9 Å². The van der Waals surface area contributed by atoms with Crippen molar-refractivity contribution in [1.29, 1.82) is 0 Å². The summed E-state index contributed by atoms with van der Waals surface area (Å²) in [7, 11) is 0. The van der Waals surface area contributed by atoms with E-state index in [1.165, 1.54) is 0 Å². The third kappa shape index (κ3) is 3.36. The maximum Gasteiger partial charge on any atom is 0.223 e. The summed E-state index contributed by atoms with van der Waals surface area (Å²) < 4.78 is 2.09. The molecule has 0 radical (unpaired) electrons. The standard InChI is InChI=1S/C17H21N3O2/c21-11-15(8-13-4-2-1-3-5-13)19-17(22)14-6-7-20-12-18-10-16(20)9-14/h1-5,10,12,14-15,21H,6-9,11H2,(H,19,22). The zero-order valence-corrected chi connectivity index (χ0v) is 12.5. The molecule has 2 atom stereocenters. The van der Waals surface area contributed by atoms with Crippen LogP contribution in [-0.2, 0) is 24.2 Å². The number of aryl methyl sites for hydroxylation is 1. The lowest BCUT2D eigenvalue weighted by atomic mass is 9.94. The molecule has 5 heteroatoms. The molecule has 1 aliphatic rings. The number of benzene rings is 1. The highest BCUT2D eigenvalue weighted by atomic mass is 16.3. The van der Waals surface area contributed by atoms with E-state index in [0.29, 0.717) is 6.42 Å². The number of nitrogens with zero attached hydrogens (tertiary/aromatic N) is 2. The predicted molar refractivity (Wildman–Crippen MR) is 83.2 cm³/mol. The molecule has 1 aliphatic heterocycles. The zero-order chi connectivity index (χ0) is 15.4. The van der Waals surface area contributed by atoms with E-state index in [1.807, 2.05) is 42.9 Å². The van der Waals surface area contributed by atoms with Gasteiger partial charge in [-0.15, -0.1) is 0 Å². The van der Waals surface area contributed by atoms with Crippen LogP contribution < -0.4 is 5.32 Å². The van der Waals surface area contributed by atoms with Gasteiger partial charge in [0, 0.05) is 30.8 Å². The number of hydrogen-bond donors (Lipinski definition) is 2. The molecular formula is C17H21N3O2. The molecule has 116 valence electrons. The third-order valence-corrected chi connectivity index (χ3v) is 4.24. The van der Waals surface area contributed by atoms with Gasteiger partial charge in [0.2, 0.25) is 5.91 Å². The fourth-order valence-corrected chi connectivity index (χ4v) is 2.97. The molecular weight excluding hydrogens is 278 g/mol. The molecule has 5 nitrogen and oxygen atoms in total. The predicted octanol–water partition coefficient (Wildman–Crippen LogP) is 1.17. The molecule has 2 unspecified atom stereocenters. The van der Waals surface area contributed by atoms with Crippen molar-refractivity contribution < 1.29 is 9.90 Å². The minimum Gasteiger partial charge on any atom is -0.394 e. The number of rotatable bonds is 5. The van der Waals surface area contributed by atoms with Gasteiger partial charge in [0.05, 0.1) is 19.0 Å². The summed E-state index contributed by atoms with van der Waals surface area (Å²) in [5.74, 6) is -0.00328. The molecule has 2 heterocycles. The van der Waals surface area contributed by atoms with Crippen molar-refractivity contribution in [1.82, 2.24) is 14.9 Å². The average Bonchev–Trinajstić information content (AvgIpc) is 3.02. The Kier molecular flexibility index (Phi) is 4.53. The van der Waals surface area contributed by atoms with E-state index in [2.05, 4.69) is 14.9 Å². The summed E-state index contributed by atoms with van der Waals surface area (Å²) in [4.78, 5) is 16.6. The van der Waals surface area contributed by atoms with Crippen LogP contribution in [0.5, 0.6) is 0 Å². The van der Waals surface area contributed by atoms with Gasteiger partial charge in [-0.05, 0) is 18.4 Å². The van der Waals surface area contributed by atoms with E-state index in [1.54, 1.807) is 0 Å². The smallest absolute Gasteiger partial charge is 0.223 e. The molecule has 0 aliphatic carbocycles. The van der Waals surface area contributed by atoms with Crippen LogP contribution in [0.3, 0.4) is 0 Å². The third-order valence-electron chi connectivity index (χ3n) is 4.24. The number of carbonyl (C=O) groups excluding carboxylic acids is 1. The van der Waals surface area contributed by atoms with Gasteiger partial charge in [0.15, 0.2) is 0 Å². The fourth-order valence-electron chi connectivity index (χ4n) is 2.97. The van der Waals surface area contributed by atoms with Crippen LogP contribution in [0, 0.1) is 5.92 Å². The minimum absolute atomic E-state index is 0.0300. The van der Waals surface area contributed by atoms with Gasteiger partial charge in [-0.2, -0.15) is 0 Å². The molecule has 1 aromatic heterocycles. The first-order valence-corrected chi connectivity index (χ1v) is 7.70.